The molecule has 2 aliphatic heterocycles. The summed E-state index contributed by atoms with van der Waals surface area (Å²) in [5.74, 6) is 3.01. The van der Waals surface area contributed by atoms with Crippen molar-refractivity contribution >= 4 is 35.0 Å². The number of methoxy groups -OCH3 is 1. The Kier molecular flexibility index (Phi) is 4.83. The first-order chi connectivity index (χ1) is 14.7. The van der Waals surface area contributed by atoms with Gasteiger partial charge in [-0.05, 0) is 36.4 Å². The third-order valence-electron chi connectivity index (χ3n) is 4.86. The molecule has 5 rings (SSSR count). The average Bonchev–Trinajstić information content (AvgIpc) is 3.49. The number of carbonyl (C=O) groups is 1. The standard InChI is InChI=1S/C20H19N5O4S/c1-27-15-5-3-14(4-6-15)24-8-9-25-19(24)22-23-20(25)30-11-18(26)21-13-2-7-16-17(10-13)29-12-28-16/h2-7,10H,8-9,11-12H2,1H3,(H,21,26). The molecule has 0 saturated heterocycles. The van der Waals surface area contributed by atoms with Gasteiger partial charge >= 0.3 is 0 Å². The normalized spacial score (nSPS) is 14.0. The van der Waals surface area contributed by atoms with Crippen molar-refractivity contribution in [3.05, 3.63) is 42.5 Å². The van der Waals surface area contributed by atoms with E-state index in [0.29, 0.717) is 17.2 Å². The van der Waals surface area contributed by atoms with Crippen LogP contribution in [0, 0.1) is 0 Å². The Labute approximate surface area is 176 Å². The van der Waals surface area contributed by atoms with Crippen molar-refractivity contribution in [3.63, 3.8) is 0 Å². The number of benzene rings is 2. The molecule has 0 radical (unpaired) electrons. The maximum absolute atomic E-state index is 12.4. The first kappa shape index (κ1) is 18.6. The fraction of sp³-hybridized carbons (Fsp3) is 0.250. The fourth-order valence-electron chi connectivity index (χ4n) is 3.39. The third kappa shape index (κ3) is 3.50. The minimum Gasteiger partial charge on any atom is -0.497 e. The summed E-state index contributed by atoms with van der Waals surface area (Å²) in [4.78, 5) is 14.5. The van der Waals surface area contributed by atoms with Crippen molar-refractivity contribution < 1.29 is 19.0 Å². The largest absolute Gasteiger partial charge is 0.497 e. The number of fused-ring (bicyclic) bond motifs is 2. The van der Waals surface area contributed by atoms with E-state index in [-0.39, 0.29) is 18.5 Å². The second-order valence-corrected chi connectivity index (χ2v) is 7.63. The van der Waals surface area contributed by atoms with Crippen molar-refractivity contribution in [1.29, 1.82) is 0 Å². The summed E-state index contributed by atoms with van der Waals surface area (Å²) in [6, 6.07) is 13.2. The van der Waals surface area contributed by atoms with E-state index < -0.39 is 0 Å². The van der Waals surface area contributed by atoms with Crippen LogP contribution in [0.15, 0.2) is 47.6 Å². The van der Waals surface area contributed by atoms with Gasteiger partial charge in [-0.1, -0.05) is 11.8 Å². The fourth-order valence-corrected chi connectivity index (χ4v) is 4.15. The summed E-state index contributed by atoms with van der Waals surface area (Å²) in [5.41, 5.74) is 1.70. The third-order valence-corrected chi connectivity index (χ3v) is 5.83. The number of thioether (sulfide) groups is 1. The van der Waals surface area contributed by atoms with Crippen molar-refractivity contribution in [2.24, 2.45) is 0 Å². The van der Waals surface area contributed by atoms with E-state index >= 15 is 0 Å². The Morgan fingerprint density at radius 3 is 2.80 bits per heavy atom. The quantitative estimate of drug-likeness (QED) is 0.603. The molecule has 3 heterocycles. The van der Waals surface area contributed by atoms with Crippen molar-refractivity contribution in [1.82, 2.24) is 14.8 Å². The number of nitrogens with one attached hydrogen (secondary N) is 1. The average molecular weight is 425 g/mol. The lowest BCUT2D eigenvalue weighted by atomic mass is 10.3. The van der Waals surface area contributed by atoms with E-state index in [1.54, 1.807) is 25.3 Å². The topological polar surface area (TPSA) is 90.7 Å². The number of ether oxygens (including phenoxy) is 3. The van der Waals surface area contributed by atoms with Gasteiger partial charge in [0.25, 0.3) is 0 Å². The predicted molar refractivity (Wildman–Crippen MR) is 112 cm³/mol. The molecule has 2 aliphatic rings. The maximum atomic E-state index is 12.4. The highest BCUT2D eigenvalue weighted by Gasteiger charge is 2.26. The van der Waals surface area contributed by atoms with E-state index in [1.807, 2.05) is 28.8 Å². The van der Waals surface area contributed by atoms with Crippen LogP contribution in [0.5, 0.6) is 17.2 Å². The van der Waals surface area contributed by atoms with Crippen LogP contribution in [-0.2, 0) is 11.3 Å². The molecule has 0 atom stereocenters. The molecule has 0 spiro atoms. The number of carbonyl (C=O) groups excluding carboxylic acids is 1. The van der Waals surface area contributed by atoms with Gasteiger partial charge in [0.2, 0.25) is 18.6 Å². The molecule has 9 nitrogen and oxygen atoms in total. The number of rotatable bonds is 6. The highest BCUT2D eigenvalue weighted by Crippen LogP contribution is 2.35. The van der Waals surface area contributed by atoms with Gasteiger partial charge in [-0.15, -0.1) is 10.2 Å². The number of amides is 1. The van der Waals surface area contributed by atoms with Gasteiger partial charge < -0.3 is 24.4 Å². The van der Waals surface area contributed by atoms with E-state index in [0.717, 1.165) is 35.6 Å². The summed E-state index contributed by atoms with van der Waals surface area (Å²) < 4.78 is 17.9. The summed E-state index contributed by atoms with van der Waals surface area (Å²) in [6.45, 7) is 1.77. The molecule has 154 valence electrons. The lowest BCUT2D eigenvalue weighted by molar-refractivity contribution is -0.113. The summed E-state index contributed by atoms with van der Waals surface area (Å²) in [6.07, 6.45) is 0. The molecule has 1 N–H and O–H groups in total. The summed E-state index contributed by atoms with van der Waals surface area (Å²) in [7, 11) is 1.65. The molecule has 1 amide bonds. The van der Waals surface area contributed by atoms with E-state index in [2.05, 4.69) is 20.4 Å². The minimum absolute atomic E-state index is 0.124. The van der Waals surface area contributed by atoms with Crippen LogP contribution in [0.25, 0.3) is 0 Å². The Morgan fingerprint density at radius 1 is 1.13 bits per heavy atom. The van der Waals surface area contributed by atoms with Crippen molar-refractivity contribution in [2.45, 2.75) is 11.7 Å². The lowest BCUT2D eigenvalue weighted by Crippen LogP contribution is -2.14. The molecule has 0 unspecified atom stereocenters. The zero-order valence-corrected chi connectivity index (χ0v) is 17.0. The van der Waals surface area contributed by atoms with Gasteiger partial charge in [0.1, 0.15) is 5.75 Å². The van der Waals surface area contributed by atoms with Crippen molar-refractivity contribution in [3.8, 4) is 17.2 Å². The monoisotopic (exact) mass is 425 g/mol. The smallest absolute Gasteiger partial charge is 0.234 e. The second kappa shape index (κ2) is 7.79. The molecule has 2 aromatic carbocycles. The Bertz CT molecular complexity index is 1090. The number of nitrogens with zero attached hydrogens (tertiary/aromatic N) is 4. The Balaban J connectivity index is 1.22. The number of anilines is 3. The van der Waals surface area contributed by atoms with E-state index in [1.165, 1.54) is 11.8 Å². The molecule has 0 bridgehead atoms. The first-order valence-corrected chi connectivity index (χ1v) is 10.4. The predicted octanol–water partition coefficient (Wildman–Crippen LogP) is 2.90. The highest BCUT2D eigenvalue weighted by atomic mass is 32.2. The molecule has 1 aromatic heterocycles. The van der Waals surface area contributed by atoms with Crippen LogP contribution in [0.4, 0.5) is 17.3 Å². The number of aromatic nitrogens is 3. The summed E-state index contributed by atoms with van der Waals surface area (Å²) >= 11 is 1.36. The van der Waals surface area contributed by atoms with Gasteiger partial charge in [0, 0.05) is 30.5 Å². The van der Waals surface area contributed by atoms with Crippen molar-refractivity contribution in [2.75, 3.05) is 36.4 Å². The Hall–Kier alpha value is -3.40. The second-order valence-electron chi connectivity index (χ2n) is 6.69. The highest BCUT2D eigenvalue weighted by molar-refractivity contribution is 7.99. The van der Waals surface area contributed by atoms with E-state index in [9.17, 15) is 4.79 Å². The van der Waals surface area contributed by atoms with Gasteiger partial charge in [-0.25, -0.2) is 0 Å². The van der Waals surface area contributed by atoms with Crippen LogP contribution in [0.1, 0.15) is 0 Å². The molecule has 30 heavy (non-hydrogen) atoms. The van der Waals surface area contributed by atoms with Crippen LogP contribution < -0.4 is 24.4 Å². The minimum atomic E-state index is -0.124. The Morgan fingerprint density at radius 2 is 1.97 bits per heavy atom. The number of hydrogen-bond donors (Lipinski definition) is 1. The van der Waals surface area contributed by atoms with Gasteiger partial charge in [-0.2, -0.15) is 0 Å². The van der Waals surface area contributed by atoms with Gasteiger partial charge in [0.15, 0.2) is 16.7 Å². The van der Waals surface area contributed by atoms with Crippen LogP contribution >= 0.6 is 11.8 Å². The first-order valence-electron chi connectivity index (χ1n) is 9.38. The maximum Gasteiger partial charge on any atom is 0.234 e. The molecular formula is C20H19N5O4S. The molecular weight excluding hydrogens is 406 g/mol. The zero-order valence-electron chi connectivity index (χ0n) is 16.2. The molecule has 0 aliphatic carbocycles. The summed E-state index contributed by atoms with van der Waals surface area (Å²) in [5, 5.41) is 12.2. The van der Waals surface area contributed by atoms with Crippen LogP contribution in [0.2, 0.25) is 0 Å². The molecule has 10 heteroatoms. The molecule has 0 fully saturated rings. The SMILES string of the molecule is COc1ccc(N2CCn3c(SCC(=O)Nc4ccc5c(c4)OCO5)nnc32)cc1. The van der Waals surface area contributed by atoms with Crippen LogP contribution in [0.3, 0.4) is 0 Å². The zero-order chi connectivity index (χ0) is 20.5. The number of hydrogen-bond acceptors (Lipinski definition) is 8. The van der Waals surface area contributed by atoms with Crippen LogP contribution in [-0.4, -0.2) is 46.9 Å². The molecule has 0 saturated carbocycles. The van der Waals surface area contributed by atoms with Gasteiger partial charge in [0.05, 0.1) is 12.9 Å². The molecule has 3 aromatic rings. The lowest BCUT2D eigenvalue weighted by Gasteiger charge is -2.15. The van der Waals surface area contributed by atoms with E-state index in [4.69, 9.17) is 14.2 Å². The van der Waals surface area contributed by atoms with Gasteiger partial charge in [-0.3, -0.25) is 9.36 Å².